The molecule has 3 nitrogen and oxygen atoms in total. The number of nitrogens with zero attached hydrogens (tertiary/aromatic N) is 1. The van der Waals surface area contributed by atoms with E-state index >= 15 is 0 Å². The smallest absolute Gasteiger partial charge is 0.119 e. The molecule has 0 atom stereocenters. The van der Waals surface area contributed by atoms with Gasteiger partial charge in [0.15, 0.2) is 0 Å². The molecule has 0 aliphatic carbocycles. The third kappa shape index (κ3) is 6.80. The minimum atomic E-state index is 0.845. The van der Waals surface area contributed by atoms with Crippen molar-refractivity contribution in [2.24, 2.45) is 0 Å². The summed E-state index contributed by atoms with van der Waals surface area (Å²) >= 11 is 0. The Hall–Kier alpha value is -1.06. The first kappa shape index (κ1) is 17.3. The van der Waals surface area contributed by atoms with Crippen LogP contribution in [0.2, 0.25) is 0 Å². The summed E-state index contributed by atoms with van der Waals surface area (Å²) in [6, 6.07) is 8.69. The van der Waals surface area contributed by atoms with Crippen LogP contribution in [0.15, 0.2) is 24.3 Å². The van der Waals surface area contributed by atoms with Crippen LogP contribution in [0.25, 0.3) is 0 Å². The van der Waals surface area contributed by atoms with Gasteiger partial charge in [0.05, 0.1) is 6.61 Å². The second-order valence-corrected chi connectivity index (χ2v) is 6.25. The molecule has 0 spiro atoms. The lowest BCUT2D eigenvalue weighted by molar-refractivity contribution is 0.237. The van der Waals surface area contributed by atoms with Crippen LogP contribution in [0, 0.1) is 0 Å². The number of aryl methyl sites for hydroxylation is 1. The molecule has 1 heterocycles. The van der Waals surface area contributed by atoms with E-state index in [0.717, 1.165) is 31.9 Å². The molecule has 22 heavy (non-hydrogen) atoms. The van der Waals surface area contributed by atoms with Gasteiger partial charge in [-0.2, -0.15) is 0 Å². The number of benzene rings is 1. The standard InChI is InChI=1S/C19H32N2O/c1-2-3-6-17-22-19-10-8-18(9-11-19)7-4-5-14-21-15-12-20-13-16-21/h8-11,20H,2-7,12-17H2,1H3. The van der Waals surface area contributed by atoms with E-state index in [-0.39, 0.29) is 0 Å². The Kier molecular flexibility index (Phi) is 8.36. The van der Waals surface area contributed by atoms with Gasteiger partial charge in [-0.1, -0.05) is 31.9 Å². The van der Waals surface area contributed by atoms with Crippen LogP contribution < -0.4 is 10.1 Å². The molecule has 1 N–H and O–H groups in total. The van der Waals surface area contributed by atoms with Gasteiger partial charge in [-0.15, -0.1) is 0 Å². The van der Waals surface area contributed by atoms with E-state index < -0.39 is 0 Å². The summed E-state index contributed by atoms with van der Waals surface area (Å²) in [6.07, 6.45) is 7.42. The Morgan fingerprint density at radius 3 is 2.50 bits per heavy atom. The van der Waals surface area contributed by atoms with E-state index in [1.807, 2.05) is 0 Å². The molecule has 124 valence electrons. The van der Waals surface area contributed by atoms with Crippen molar-refractivity contribution in [2.75, 3.05) is 39.3 Å². The SMILES string of the molecule is CCCCCOc1ccc(CCCCN2CCNCC2)cc1. The van der Waals surface area contributed by atoms with Gasteiger partial charge >= 0.3 is 0 Å². The maximum atomic E-state index is 5.76. The van der Waals surface area contributed by atoms with E-state index in [2.05, 4.69) is 41.4 Å². The maximum Gasteiger partial charge on any atom is 0.119 e. The fourth-order valence-corrected chi connectivity index (χ4v) is 2.89. The van der Waals surface area contributed by atoms with E-state index in [0.29, 0.717) is 0 Å². The number of hydrogen-bond acceptors (Lipinski definition) is 3. The van der Waals surface area contributed by atoms with Crippen molar-refractivity contribution in [1.29, 1.82) is 0 Å². The zero-order chi connectivity index (χ0) is 15.5. The summed E-state index contributed by atoms with van der Waals surface area (Å²) < 4.78 is 5.76. The molecule has 0 bridgehead atoms. The molecule has 2 rings (SSSR count). The number of rotatable bonds is 10. The number of hydrogen-bond donors (Lipinski definition) is 1. The Morgan fingerprint density at radius 1 is 1.00 bits per heavy atom. The predicted octanol–water partition coefficient (Wildman–Crippen LogP) is 3.48. The topological polar surface area (TPSA) is 24.5 Å². The maximum absolute atomic E-state index is 5.76. The van der Waals surface area contributed by atoms with Crippen molar-refractivity contribution < 1.29 is 4.74 Å². The summed E-state index contributed by atoms with van der Waals surface area (Å²) in [6.45, 7) is 9.04. The first-order valence-corrected chi connectivity index (χ1v) is 9.03. The van der Waals surface area contributed by atoms with Gasteiger partial charge in [0.25, 0.3) is 0 Å². The van der Waals surface area contributed by atoms with E-state index in [9.17, 15) is 0 Å². The highest BCUT2D eigenvalue weighted by molar-refractivity contribution is 5.27. The Balaban J connectivity index is 1.57. The van der Waals surface area contributed by atoms with Crippen molar-refractivity contribution in [1.82, 2.24) is 10.2 Å². The van der Waals surface area contributed by atoms with Crippen LogP contribution in [0.5, 0.6) is 5.75 Å². The van der Waals surface area contributed by atoms with Crippen molar-refractivity contribution in [3.63, 3.8) is 0 Å². The molecule has 0 unspecified atom stereocenters. The molecule has 1 saturated heterocycles. The molecule has 0 amide bonds. The van der Waals surface area contributed by atoms with E-state index in [4.69, 9.17) is 4.74 Å². The van der Waals surface area contributed by atoms with Gasteiger partial charge in [0.2, 0.25) is 0 Å². The van der Waals surface area contributed by atoms with E-state index in [1.165, 1.54) is 57.3 Å². The third-order valence-corrected chi connectivity index (χ3v) is 4.34. The first-order chi connectivity index (χ1) is 10.9. The largest absolute Gasteiger partial charge is 0.494 e. The highest BCUT2D eigenvalue weighted by Gasteiger charge is 2.08. The average molecular weight is 304 g/mol. The fraction of sp³-hybridized carbons (Fsp3) is 0.684. The lowest BCUT2D eigenvalue weighted by Crippen LogP contribution is -2.43. The van der Waals surface area contributed by atoms with Crippen molar-refractivity contribution >= 4 is 0 Å². The van der Waals surface area contributed by atoms with Crippen LogP contribution in [-0.2, 0) is 6.42 Å². The molecule has 1 aromatic carbocycles. The van der Waals surface area contributed by atoms with Crippen LogP contribution in [0.4, 0.5) is 0 Å². The minimum Gasteiger partial charge on any atom is -0.494 e. The summed E-state index contributed by atoms with van der Waals surface area (Å²) in [5.41, 5.74) is 1.43. The quantitative estimate of drug-likeness (QED) is 0.670. The van der Waals surface area contributed by atoms with Crippen molar-refractivity contribution in [2.45, 2.75) is 45.4 Å². The van der Waals surface area contributed by atoms with Gasteiger partial charge < -0.3 is 15.0 Å². The second kappa shape index (κ2) is 10.6. The summed E-state index contributed by atoms with van der Waals surface area (Å²) in [7, 11) is 0. The van der Waals surface area contributed by atoms with Crippen LogP contribution in [0.3, 0.4) is 0 Å². The fourth-order valence-electron chi connectivity index (χ4n) is 2.89. The van der Waals surface area contributed by atoms with E-state index in [1.54, 1.807) is 0 Å². The molecular weight excluding hydrogens is 272 g/mol. The highest BCUT2D eigenvalue weighted by atomic mass is 16.5. The number of ether oxygens (including phenoxy) is 1. The van der Waals surface area contributed by atoms with Gasteiger partial charge in [-0.25, -0.2) is 0 Å². The summed E-state index contributed by atoms with van der Waals surface area (Å²) in [5.74, 6) is 1.01. The Bertz CT molecular complexity index is 385. The van der Waals surface area contributed by atoms with Crippen LogP contribution in [0.1, 0.15) is 44.6 Å². The Labute approximate surface area is 136 Å². The molecule has 3 heteroatoms. The molecular formula is C19H32N2O. The number of nitrogens with one attached hydrogen (secondary N) is 1. The monoisotopic (exact) mass is 304 g/mol. The summed E-state index contributed by atoms with van der Waals surface area (Å²) in [4.78, 5) is 2.57. The van der Waals surface area contributed by atoms with Crippen molar-refractivity contribution in [3.05, 3.63) is 29.8 Å². The molecule has 0 radical (unpaired) electrons. The first-order valence-electron chi connectivity index (χ1n) is 9.03. The third-order valence-electron chi connectivity index (χ3n) is 4.34. The lowest BCUT2D eigenvalue weighted by atomic mass is 10.1. The van der Waals surface area contributed by atoms with Crippen LogP contribution in [-0.4, -0.2) is 44.2 Å². The predicted molar refractivity (Wildman–Crippen MR) is 93.7 cm³/mol. The summed E-state index contributed by atoms with van der Waals surface area (Å²) in [5, 5.41) is 3.40. The van der Waals surface area contributed by atoms with Gasteiger partial charge in [0.1, 0.15) is 5.75 Å². The van der Waals surface area contributed by atoms with Gasteiger partial charge in [-0.3, -0.25) is 0 Å². The number of piperazine rings is 1. The lowest BCUT2D eigenvalue weighted by Gasteiger charge is -2.27. The average Bonchev–Trinajstić information content (AvgIpc) is 2.58. The molecule has 1 fully saturated rings. The van der Waals surface area contributed by atoms with Crippen molar-refractivity contribution in [3.8, 4) is 5.75 Å². The molecule has 1 aromatic rings. The minimum absolute atomic E-state index is 0.845. The van der Waals surface area contributed by atoms with Gasteiger partial charge in [0, 0.05) is 26.2 Å². The molecule has 1 aliphatic rings. The zero-order valence-electron chi connectivity index (χ0n) is 14.2. The zero-order valence-corrected chi connectivity index (χ0v) is 14.2. The highest BCUT2D eigenvalue weighted by Crippen LogP contribution is 2.14. The molecule has 1 aliphatic heterocycles. The van der Waals surface area contributed by atoms with Gasteiger partial charge in [-0.05, 0) is 49.9 Å². The molecule has 0 saturated carbocycles. The number of unbranched alkanes of at least 4 members (excludes halogenated alkanes) is 3. The molecule has 0 aromatic heterocycles. The Morgan fingerprint density at radius 2 is 1.77 bits per heavy atom. The normalized spacial score (nSPS) is 15.9. The van der Waals surface area contributed by atoms with Crippen LogP contribution >= 0.6 is 0 Å². The second-order valence-electron chi connectivity index (χ2n) is 6.25.